The lowest BCUT2D eigenvalue weighted by molar-refractivity contribution is 0.0169. The molecular formula is C39H49ClN2O3. The van der Waals surface area contributed by atoms with Crippen molar-refractivity contribution in [2.24, 2.45) is 10.9 Å². The van der Waals surface area contributed by atoms with Gasteiger partial charge >= 0.3 is 6.09 Å². The molecule has 0 radical (unpaired) electrons. The van der Waals surface area contributed by atoms with Gasteiger partial charge in [0.1, 0.15) is 5.60 Å². The summed E-state index contributed by atoms with van der Waals surface area (Å²) in [6, 6.07) is 12.2. The lowest BCUT2D eigenvalue weighted by Gasteiger charge is -2.32. The van der Waals surface area contributed by atoms with Gasteiger partial charge < -0.3 is 14.7 Å². The fraction of sp³-hybridized carbons (Fsp3) is 0.436. The molecule has 0 spiro atoms. The number of aliphatic hydroxyl groups is 1. The number of hydrogen-bond donors (Lipinski definition) is 1. The zero-order valence-electron chi connectivity index (χ0n) is 27.7. The number of allylic oxidation sites excluding steroid dienone is 6. The average Bonchev–Trinajstić information content (AvgIpc) is 3.34. The van der Waals surface area contributed by atoms with E-state index in [2.05, 4.69) is 57.4 Å². The summed E-state index contributed by atoms with van der Waals surface area (Å²) >= 11 is 6.42. The molecule has 2 atom stereocenters. The van der Waals surface area contributed by atoms with Crippen LogP contribution >= 0.6 is 11.6 Å². The maximum Gasteiger partial charge on any atom is 0.410 e. The highest BCUT2D eigenvalue weighted by Crippen LogP contribution is 2.45. The predicted octanol–water partition coefficient (Wildman–Crippen LogP) is 10.6. The van der Waals surface area contributed by atoms with E-state index < -0.39 is 5.60 Å². The van der Waals surface area contributed by atoms with E-state index in [0.717, 1.165) is 83.2 Å². The van der Waals surface area contributed by atoms with Crippen LogP contribution in [-0.4, -0.2) is 47.1 Å². The third kappa shape index (κ3) is 9.08. The minimum atomic E-state index is -0.552. The Bertz CT molecular complexity index is 1510. The van der Waals surface area contributed by atoms with Gasteiger partial charge in [0.25, 0.3) is 0 Å². The van der Waals surface area contributed by atoms with Gasteiger partial charge in [-0.2, -0.15) is 0 Å². The van der Waals surface area contributed by atoms with E-state index in [9.17, 15) is 9.90 Å². The highest BCUT2D eigenvalue weighted by atomic mass is 35.5. The molecule has 2 aliphatic rings. The average molecular weight is 629 g/mol. The number of amides is 1. The van der Waals surface area contributed by atoms with Gasteiger partial charge in [0.15, 0.2) is 0 Å². The second-order valence-corrected chi connectivity index (χ2v) is 13.8. The summed E-state index contributed by atoms with van der Waals surface area (Å²) in [7, 11) is 0. The van der Waals surface area contributed by atoms with E-state index in [0.29, 0.717) is 18.0 Å². The summed E-state index contributed by atoms with van der Waals surface area (Å²) in [6.07, 6.45) is 12.1. The van der Waals surface area contributed by atoms with Crippen molar-refractivity contribution in [3.8, 4) is 11.1 Å². The van der Waals surface area contributed by atoms with E-state index in [1.54, 1.807) is 0 Å². The number of aliphatic imine (C=N–C) groups is 1. The van der Waals surface area contributed by atoms with Crippen molar-refractivity contribution in [3.63, 3.8) is 0 Å². The van der Waals surface area contributed by atoms with Crippen LogP contribution < -0.4 is 0 Å². The third-order valence-electron chi connectivity index (χ3n) is 8.43. The van der Waals surface area contributed by atoms with Gasteiger partial charge in [-0.1, -0.05) is 49.9 Å². The first kappa shape index (κ1) is 34.5. The predicted molar refractivity (Wildman–Crippen MR) is 190 cm³/mol. The lowest BCUT2D eigenvalue weighted by atomic mass is 9.83. The number of nitrogens with zero attached hydrogens (tertiary/aromatic N) is 2. The molecule has 0 saturated heterocycles. The second-order valence-electron chi connectivity index (χ2n) is 13.4. The van der Waals surface area contributed by atoms with Gasteiger partial charge in [-0.3, -0.25) is 4.99 Å². The van der Waals surface area contributed by atoms with E-state index >= 15 is 0 Å². The smallest absolute Gasteiger partial charge is 0.410 e. The van der Waals surface area contributed by atoms with Crippen LogP contribution in [-0.2, 0) is 4.74 Å². The number of carbonyl (C=O) groups excluding carboxylic acids is 1. The highest BCUT2D eigenvalue weighted by Gasteiger charge is 2.27. The normalized spacial score (nSPS) is 17.4. The molecule has 1 aliphatic carbocycles. The van der Waals surface area contributed by atoms with Crippen molar-refractivity contribution in [1.82, 2.24) is 4.90 Å². The Morgan fingerprint density at radius 1 is 1.22 bits per heavy atom. The quantitative estimate of drug-likeness (QED) is 0.285. The zero-order valence-corrected chi connectivity index (χ0v) is 28.4. The number of carbonyl (C=O) groups is 1. The van der Waals surface area contributed by atoms with Gasteiger partial charge in [-0.25, -0.2) is 4.79 Å². The van der Waals surface area contributed by atoms with Crippen molar-refractivity contribution in [2.45, 2.75) is 91.2 Å². The fourth-order valence-electron chi connectivity index (χ4n) is 6.11. The molecule has 1 amide bonds. The number of ether oxygens (including phenoxy) is 1. The molecule has 45 heavy (non-hydrogen) atoms. The molecule has 0 bridgehead atoms. The molecule has 1 N–H and O–H groups in total. The summed E-state index contributed by atoms with van der Waals surface area (Å²) in [5, 5.41) is 10.9. The van der Waals surface area contributed by atoms with Gasteiger partial charge in [0, 0.05) is 36.0 Å². The van der Waals surface area contributed by atoms with E-state index in [1.165, 1.54) is 5.57 Å². The summed E-state index contributed by atoms with van der Waals surface area (Å²) in [5.74, 6) is 0.211. The maximum absolute atomic E-state index is 13.1. The fourth-order valence-corrected chi connectivity index (χ4v) is 6.30. The SMILES string of the molecule is C=C1C=Nc2cc(-c3cccc(Cl)c3)cc(C3=CCCC[C@H](CO)C3)c2C(C(=C)CC[C@@H](C)N(CCC)C(=O)OC(C)(C)C)=C1. The van der Waals surface area contributed by atoms with Crippen LogP contribution in [0.25, 0.3) is 22.3 Å². The summed E-state index contributed by atoms with van der Waals surface area (Å²) in [6.45, 7) is 19.5. The molecule has 1 aliphatic heterocycles. The Hall–Kier alpha value is -3.41. The van der Waals surface area contributed by atoms with Crippen molar-refractivity contribution in [2.75, 3.05) is 13.2 Å². The first-order valence-corrected chi connectivity index (χ1v) is 16.6. The van der Waals surface area contributed by atoms with Crippen LogP contribution in [0.5, 0.6) is 0 Å². The number of aliphatic hydroxyl groups excluding tert-OH is 1. The molecule has 4 rings (SSSR count). The summed E-state index contributed by atoms with van der Waals surface area (Å²) < 4.78 is 5.73. The minimum absolute atomic E-state index is 0.0265. The van der Waals surface area contributed by atoms with E-state index in [4.69, 9.17) is 21.3 Å². The number of halogens is 1. The van der Waals surface area contributed by atoms with Gasteiger partial charge in [0.2, 0.25) is 0 Å². The summed E-state index contributed by atoms with van der Waals surface area (Å²) in [4.78, 5) is 19.8. The Kier molecular flexibility index (Phi) is 11.7. The number of hydrogen-bond acceptors (Lipinski definition) is 4. The molecule has 1 heterocycles. The topological polar surface area (TPSA) is 62.1 Å². The van der Waals surface area contributed by atoms with E-state index in [-0.39, 0.29) is 24.7 Å². The highest BCUT2D eigenvalue weighted by molar-refractivity contribution is 6.30. The van der Waals surface area contributed by atoms with Crippen molar-refractivity contribution in [1.29, 1.82) is 0 Å². The molecule has 0 fully saturated rings. The maximum atomic E-state index is 13.1. The van der Waals surface area contributed by atoms with Crippen LogP contribution in [0.1, 0.15) is 90.7 Å². The second kappa shape index (κ2) is 15.2. The van der Waals surface area contributed by atoms with Crippen LogP contribution in [0.4, 0.5) is 10.5 Å². The van der Waals surface area contributed by atoms with Crippen molar-refractivity contribution < 1.29 is 14.6 Å². The molecule has 2 aromatic carbocycles. The van der Waals surface area contributed by atoms with Crippen molar-refractivity contribution >= 4 is 40.7 Å². The van der Waals surface area contributed by atoms with Gasteiger partial charge in [0.05, 0.1) is 5.69 Å². The van der Waals surface area contributed by atoms with Crippen LogP contribution in [0.3, 0.4) is 0 Å². The minimum Gasteiger partial charge on any atom is -0.444 e. The number of rotatable bonds is 10. The summed E-state index contributed by atoms with van der Waals surface area (Å²) in [5.41, 5.74) is 8.51. The van der Waals surface area contributed by atoms with Crippen molar-refractivity contribution in [3.05, 3.63) is 89.0 Å². The van der Waals surface area contributed by atoms with E-state index in [1.807, 2.05) is 50.1 Å². The Labute approximate surface area is 275 Å². The van der Waals surface area contributed by atoms with Crippen LogP contribution in [0, 0.1) is 5.92 Å². The molecule has 0 unspecified atom stereocenters. The molecule has 6 heteroatoms. The molecule has 5 nitrogen and oxygen atoms in total. The standard InChI is InChI=1S/C39H49ClN2O3/c1-8-18-42(38(44)45-39(5,6)7)28(4)17-16-27(3)34-19-26(2)24-41-36-23-32(30-14-11-15-33(40)21-30)22-35(37(34)36)31-13-10-9-12-29(20-31)25-43/h11,13-15,19,21-24,28-29,43H,2-3,8-10,12,16-18,20,25H2,1,4-7H3/t28-,29+/m1/s1. The first-order chi connectivity index (χ1) is 21.4. The van der Waals surface area contributed by atoms with Gasteiger partial charge in [-0.05, 0) is 148 Å². The Morgan fingerprint density at radius 2 is 2.00 bits per heavy atom. The third-order valence-corrected chi connectivity index (χ3v) is 8.67. The largest absolute Gasteiger partial charge is 0.444 e. The molecule has 2 aromatic rings. The monoisotopic (exact) mass is 628 g/mol. The molecular weight excluding hydrogens is 580 g/mol. The number of benzene rings is 2. The molecule has 240 valence electrons. The first-order valence-electron chi connectivity index (χ1n) is 16.3. The van der Waals surface area contributed by atoms with Crippen LogP contribution in [0.2, 0.25) is 5.02 Å². The Morgan fingerprint density at radius 3 is 2.69 bits per heavy atom. The van der Waals surface area contributed by atoms with Gasteiger partial charge in [-0.15, -0.1) is 0 Å². The Balaban J connectivity index is 1.74. The zero-order chi connectivity index (χ0) is 32.7. The number of fused-ring (bicyclic) bond motifs is 1. The molecule has 0 saturated carbocycles. The lowest BCUT2D eigenvalue weighted by Crippen LogP contribution is -2.42. The molecule has 0 aromatic heterocycles. The van der Waals surface area contributed by atoms with Crippen LogP contribution in [0.15, 0.2) is 77.8 Å².